The Balaban J connectivity index is 1.77. The van der Waals surface area contributed by atoms with Crippen LogP contribution in [-0.4, -0.2) is 25.5 Å². The minimum Gasteiger partial charge on any atom is -0.309 e. The fourth-order valence-electron chi connectivity index (χ4n) is 4.89. The number of hydrogen-bond acceptors (Lipinski definition) is 2. The summed E-state index contributed by atoms with van der Waals surface area (Å²) < 4.78 is 1.47. The maximum atomic E-state index is 2.41. The van der Waals surface area contributed by atoms with Gasteiger partial charge in [-0.15, -0.1) is 11.3 Å². The lowest BCUT2D eigenvalue weighted by atomic mass is 9.74. The van der Waals surface area contributed by atoms with E-state index in [-0.39, 0.29) is 0 Å². The Labute approximate surface area is 125 Å². The van der Waals surface area contributed by atoms with E-state index in [2.05, 4.69) is 48.6 Å². The second-order valence-electron chi connectivity index (χ2n) is 6.96. The average Bonchev–Trinajstić information content (AvgIpc) is 3.12. The maximum Gasteiger partial charge on any atom is 0.0345 e. The molecule has 2 aromatic rings. The van der Waals surface area contributed by atoms with Gasteiger partial charge in [0.15, 0.2) is 0 Å². The molecule has 4 unspecified atom stereocenters. The smallest absolute Gasteiger partial charge is 0.0345 e. The first-order valence-electron chi connectivity index (χ1n) is 7.85. The number of fused-ring (bicyclic) bond motifs is 3. The van der Waals surface area contributed by atoms with Crippen LogP contribution in [0.3, 0.4) is 0 Å². The minimum atomic E-state index is 0.800. The predicted molar refractivity (Wildman–Crippen MR) is 87.4 cm³/mol. The van der Waals surface area contributed by atoms with Crippen LogP contribution in [0.5, 0.6) is 0 Å². The van der Waals surface area contributed by atoms with Crippen molar-refractivity contribution in [3.05, 3.63) is 35.2 Å². The normalized spacial score (nSPS) is 32.5. The fraction of sp³-hybridized carbons (Fsp3) is 0.556. The Morgan fingerprint density at radius 2 is 2.00 bits per heavy atom. The van der Waals surface area contributed by atoms with Crippen molar-refractivity contribution in [2.45, 2.75) is 25.2 Å². The van der Waals surface area contributed by atoms with Gasteiger partial charge >= 0.3 is 0 Å². The van der Waals surface area contributed by atoms with Gasteiger partial charge in [-0.2, -0.15) is 0 Å². The number of rotatable bonds is 3. The Kier molecular flexibility index (Phi) is 3.12. The standard InChI is InChI=1S/C18H23NS/c1-19(2)11-16-12-6-7-13(10-12)18(16)15-4-3-5-17-14(15)8-9-20-17/h3-5,8-9,12-13,16,18H,6-7,10-11H2,1-2H3. The van der Waals surface area contributed by atoms with Gasteiger partial charge in [-0.1, -0.05) is 12.1 Å². The summed E-state index contributed by atoms with van der Waals surface area (Å²) in [5.41, 5.74) is 1.64. The molecule has 1 aromatic heterocycles. The Hall–Kier alpha value is -0.860. The number of nitrogens with zero attached hydrogens (tertiary/aromatic N) is 1. The highest BCUT2D eigenvalue weighted by Crippen LogP contribution is 2.57. The second kappa shape index (κ2) is 4.85. The lowest BCUT2D eigenvalue weighted by Gasteiger charge is -2.33. The first-order chi connectivity index (χ1) is 9.74. The van der Waals surface area contributed by atoms with E-state index in [0.717, 1.165) is 23.7 Å². The molecular weight excluding hydrogens is 262 g/mol. The first-order valence-corrected chi connectivity index (χ1v) is 8.73. The molecule has 2 aliphatic carbocycles. The summed E-state index contributed by atoms with van der Waals surface area (Å²) in [7, 11) is 4.46. The van der Waals surface area contributed by atoms with Crippen molar-refractivity contribution in [3.8, 4) is 0 Å². The lowest BCUT2D eigenvalue weighted by molar-refractivity contribution is 0.220. The fourth-order valence-corrected chi connectivity index (χ4v) is 5.71. The second-order valence-corrected chi connectivity index (χ2v) is 7.91. The molecule has 4 atom stereocenters. The van der Waals surface area contributed by atoms with E-state index < -0.39 is 0 Å². The molecule has 0 saturated heterocycles. The van der Waals surface area contributed by atoms with E-state index in [4.69, 9.17) is 0 Å². The van der Waals surface area contributed by atoms with Gasteiger partial charge in [-0.3, -0.25) is 0 Å². The molecule has 0 radical (unpaired) electrons. The Morgan fingerprint density at radius 1 is 1.15 bits per heavy atom. The highest BCUT2D eigenvalue weighted by molar-refractivity contribution is 7.17. The van der Waals surface area contributed by atoms with Crippen molar-refractivity contribution in [2.75, 3.05) is 20.6 Å². The van der Waals surface area contributed by atoms with Crippen molar-refractivity contribution in [1.82, 2.24) is 4.90 Å². The quantitative estimate of drug-likeness (QED) is 0.797. The van der Waals surface area contributed by atoms with Gasteiger partial charge in [0.2, 0.25) is 0 Å². The number of benzene rings is 1. The molecule has 1 aromatic carbocycles. The highest BCUT2D eigenvalue weighted by atomic mass is 32.1. The van der Waals surface area contributed by atoms with E-state index in [1.54, 1.807) is 5.56 Å². The number of thiophene rings is 1. The van der Waals surface area contributed by atoms with E-state index in [1.165, 1.54) is 35.9 Å². The summed E-state index contributed by atoms with van der Waals surface area (Å²) in [6.07, 6.45) is 4.41. The Bertz CT molecular complexity index is 615. The van der Waals surface area contributed by atoms with Crippen LogP contribution in [0, 0.1) is 17.8 Å². The summed E-state index contributed by atoms with van der Waals surface area (Å²) in [6.45, 7) is 1.26. The topological polar surface area (TPSA) is 3.24 Å². The van der Waals surface area contributed by atoms with Gasteiger partial charge in [0, 0.05) is 11.2 Å². The third kappa shape index (κ3) is 1.93. The van der Waals surface area contributed by atoms with Gasteiger partial charge < -0.3 is 4.90 Å². The summed E-state index contributed by atoms with van der Waals surface area (Å²) in [5, 5.41) is 3.78. The third-order valence-electron chi connectivity index (χ3n) is 5.55. The van der Waals surface area contributed by atoms with E-state index in [1.807, 2.05) is 11.3 Å². The molecule has 2 saturated carbocycles. The van der Waals surface area contributed by atoms with Crippen LogP contribution in [0.4, 0.5) is 0 Å². The van der Waals surface area contributed by atoms with Crippen LogP contribution in [0.25, 0.3) is 10.1 Å². The SMILES string of the molecule is CN(C)CC1C2CCC(C2)C1c1cccc2sccc12. The largest absolute Gasteiger partial charge is 0.309 e. The molecule has 2 bridgehead atoms. The van der Waals surface area contributed by atoms with Crippen LogP contribution in [0.2, 0.25) is 0 Å². The molecular formula is C18H23NS. The lowest BCUT2D eigenvalue weighted by Crippen LogP contribution is -2.30. The van der Waals surface area contributed by atoms with E-state index >= 15 is 0 Å². The zero-order chi connectivity index (χ0) is 13.7. The van der Waals surface area contributed by atoms with Crippen LogP contribution >= 0.6 is 11.3 Å². The monoisotopic (exact) mass is 285 g/mol. The van der Waals surface area contributed by atoms with Gasteiger partial charge in [-0.05, 0) is 85.5 Å². The van der Waals surface area contributed by atoms with Crippen LogP contribution in [-0.2, 0) is 0 Å². The molecule has 0 N–H and O–H groups in total. The number of hydrogen-bond donors (Lipinski definition) is 0. The predicted octanol–water partition coefficient (Wildman–Crippen LogP) is 4.59. The van der Waals surface area contributed by atoms with Crippen molar-refractivity contribution in [3.63, 3.8) is 0 Å². The van der Waals surface area contributed by atoms with Gasteiger partial charge in [-0.25, -0.2) is 0 Å². The molecule has 0 spiro atoms. The van der Waals surface area contributed by atoms with Crippen molar-refractivity contribution < 1.29 is 0 Å². The summed E-state index contributed by atoms with van der Waals surface area (Å²) >= 11 is 1.89. The molecule has 2 heteroatoms. The molecule has 1 heterocycles. The van der Waals surface area contributed by atoms with E-state index in [9.17, 15) is 0 Å². The van der Waals surface area contributed by atoms with Crippen molar-refractivity contribution in [1.29, 1.82) is 0 Å². The maximum absolute atomic E-state index is 2.41. The summed E-state index contributed by atoms with van der Waals surface area (Å²) in [4.78, 5) is 2.39. The third-order valence-corrected chi connectivity index (χ3v) is 6.44. The van der Waals surface area contributed by atoms with Crippen LogP contribution < -0.4 is 0 Å². The summed E-state index contributed by atoms with van der Waals surface area (Å²) in [6, 6.07) is 9.29. The van der Waals surface area contributed by atoms with Gasteiger partial charge in [0.1, 0.15) is 0 Å². The van der Waals surface area contributed by atoms with Gasteiger partial charge in [0.05, 0.1) is 0 Å². The molecule has 20 heavy (non-hydrogen) atoms. The Morgan fingerprint density at radius 3 is 2.85 bits per heavy atom. The minimum absolute atomic E-state index is 0.800. The molecule has 1 nitrogen and oxygen atoms in total. The van der Waals surface area contributed by atoms with Crippen LogP contribution in [0.1, 0.15) is 30.7 Å². The van der Waals surface area contributed by atoms with Crippen molar-refractivity contribution in [2.24, 2.45) is 17.8 Å². The molecule has 2 fully saturated rings. The molecule has 0 aliphatic heterocycles. The average molecular weight is 285 g/mol. The highest BCUT2D eigenvalue weighted by Gasteiger charge is 2.48. The first kappa shape index (κ1) is 12.8. The van der Waals surface area contributed by atoms with Crippen LogP contribution in [0.15, 0.2) is 29.6 Å². The van der Waals surface area contributed by atoms with E-state index in [0.29, 0.717) is 0 Å². The zero-order valence-electron chi connectivity index (χ0n) is 12.4. The summed E-state index contributed by atoms with van der Waals surface area (Å²) in [5.74, 6) is 3.58. The zero-order valence-corrected chi connectivity index (χ0v) is 13.2. The molecule has 106 valence electrons. The molecule has 4 rings (SSSR count). The van der Waals surface area contributed by atoms with Gasteiger partial charge in [0.25, 0.3) is 0 Å². The molecule has 0 amide bonds. The molecule has 2 aliphatic rings. The van der Waals surface area contributed by atoms with Crippen molar-refractivity contribution >= 4 is 21.4 Å².